The summed E-state index contributed by atoms with van der Waals surface area (Å²) in [6.07, 6.45) is 1.51. The van der Waals surface area contributed by atoms with Gasteiger partial charge in [0.25, 0.3) is 0 Å². The van der Waals surface area contributed by atoms with Crippen molar-refractivity contribution < 1.29 is 14.6 Å². The average Bonchev–Trinajstić information content (AvgIpc) is 2.15. The number of carboxylic acid groups (broad SMARTS) is 1. The fourth-order valence-electron chi connectivity index (χ4n) is 2.12. The van der Waals surface area contributed by atoms with Gasteiger partial charge in [0.2, 0.25) is 0 Å². The van der Waals surface area contributed by atoms with Crippen LogP contribution in [-0.2, 0) is 4.79 Å². The number of carbonyl (C=O) groups is 1. The number of carboxylic acids is 1. The first-order valence-electron chi connectivity index (χ1n) is 5.66. The van der Waals surface area contributed by atoms with Crippen LogP contribution in [0.1, 0.15) is 31.2 Å². The molecule has 2 rings (SSSR count). The summed E-state index contributed by atoms with van der Waals surface area (Å²) in [5.74, 6) is 0.443. The van der Waals surface area contributed by atoms with E-state index in [1.165, 1.54) is 5.56 Å². The van der Waals surface area contributed by atoms with E-state index in [9.17, 15) is 4.79 Å². The molecule has 0 saturated heterocycles. The summed E-state index contributed by atoms with van der Waals surface area (Å²) in [6.45, 7) is 2.61. The Morgan fingerprint density at radius 3 is 2.88 bits per heavy atom. The molecular weight excluding hydrogens is 204 g/mol. The molecule has 1 aliphatic carbocycles. The number of hydrogen-bond donors (Lipinski definition) is 1. The first-order chi connectivity index (χ1) is 7.70. The number of hydrogen-bond acceptors (Lipinski definition) is 2. The van der Waals surface area contributed by atoms with E-state index in [1.54, 1.807) is 0 Å². The van der Waals surface area contributed by atoms with Crippen molar-refractivity contribution in [3.63, 3.8) is 0 Å². The van der Waals surface area contributed by atoms with E-state index in [4.69, 9.17) is 9.84 Å². The van der Waals surface area contributed by atoms with Crippen molar-refractivity contribution >= 4 is 5.97 Å². The third-order valence-corrected chi connectivity index (χ3v) is 3.13. The molecule has 1 N–H and O–H groups in total. The molecule has 1 fully saturated rings. The maximum Gasteiger partial charge on any atom is 0.306 e. The number of benzene rings is 1. The summed E-state index contributed by atoms with van der Waals surface area (Å²) in [7, 11) is 0. The predicted molar refractivity (Wildman–Crippen MR) is 60.7 cm³/mol. The molecule has 0 radical (unpaired) electrons. The lowest BCUT2D eigenvalue weighted by atomic mass is 9.71. The van der Waals surface area contributed by atoms with Crippen LogP contribution < -0.4 is 4.74 Å². The Morgan fingerprint density at radius 2 is 2.25 bits per heavy atom. The summed E-state index contributed by atoms with van der Waals surface area (Å²) < 4.78 is 5.42. The lowest BCUT2D eigenvalue weighted by Gasteiger charge is -2.32. The van der Waals surface area contributed by atoms with Crippen molar-refractivity contribution in [3.8, 4) is 5.75 Å². The third-order valence-electron chi connectivity index (χ3n) is 3.13. The molecule has 3 nitrogen and oxygen atoms in total. The number of ether oxygens (including phenoxy) is 1. The maximum atomic E-state index is 10.7. The van der Waals surface area contributed by atoms with Crippen LogP contribution in [0.15, 0.2) is 24.3 Å². The summed E-state index contributed by atoms with van der Waals surface area (Å²) in [6, 6.07) is 7.96. The zero-order chi connectivity index (χ0) is 11.5. The van der Waals surface area contributed by atoms with Crippen LogP contribution in [0.4, 0.5) is 0 Å². The molecule has 0 aliphatic heterocycles. The van der Waals surface area contributed by atoms with Crippen LogP contribution >= 0.6 is 0 Å². The minimum absolute atomic E-state index is 0.152. The van der Waals surface area contributed by atoms with E-state index in [2.05, 4.69) is 0 Å². The van der Waals surface area contributed by atoms with E-state index >= 15 is 0 Å². The molecule has 0 unspecified atom stereocenters. The Labute approximate surface area is 95.0 Å². The first kappa shape index (κ1) is 11.0. The molecule has 86 valence electrons. The van der Waals surface area contributed by atoms with Crippen molar-refractivity contribution in [1.82, 2.24) is 0 Å². The van der Waals surface area contributed by atoms with E-state index < -0.39 is 5.97 Å². The fourth-order valence-corrected chi connectivity index (χ4v) is 2.12. The maximum absolute atomic E-state index is 10.7. The van der Waals surface area contributed by atoms with Crippen molar-refractivity contribution in [2.75, 3.05) is 6.61 Å². The molecular formula is C13H16O3. The molecule has 16 heavy (non-hydrogen) atoms. The van der Waals surface area contributed by atoms with Crippen LogP contribution in [0.2, 0.25) is 0 Å². The molecule has 0 heterocycles. The van der Waals surface area contributed by atoms with E-state index in [1.807, 2.05) is 31.2 Å². The molecule has 1 aliphatic rings. The summed E-state index contributed by atoms with van der Waals surface area (Å²) in [5.41, 5.74) is 1.20. The monoisotopic (exact) mass is 220 g/mol. The molecule has 1 aromatic rings. The first-order valence-corrected chi connectivity index (χ1v) is 5.66. The standard InChI is InChI=1S/C13H16O3/c1-2-16-12-5-3-4-9(8-12)10-6-11(7-10)13(14)15/h3-5,8,10-11H,2,6-7H2,1H3,(H,14,15). The lowest BCUT2D eigenvalue weighted by Crippen LogP contribution is -2.28. The predicted octanol–water partition coefficient (Wildman–Crippen LogP) is 2.66. The van der Waals surface area contributed by atoms with Crippen molar-refractivity contribution in [2.45, 2.75) is 25.7 Å². The topological polar surface area (TPSA) is 46.5 Å². The van der Waals surface area contributed by atoms with Gasteiger partial charge in [-0.2, -0.15) is 0 Å². The molecule has 0 atom stereocenters. The number of aliphatic carboxylic acids is 1. The van der Waals surface area contributed by atoms with E-state index in [0.29, 0.717) is 12.5 Å². The Balaban J connectivity index is 2.00. The normalized spacial score (nSPS) is 23.6. The van der Waals surface area contributed by atoms with Crippen molar-refractivity contribution in [1.29, 1.82) is 0 Å². The van der Waals surface area contributed by atoms with E-state index in [-0.39, 0.29) is 5.92 Å². The summed E-state index contributed by atoms with van der Waals surface area (Å²) in [4.78, 5) is 10.7. The molecule has 0 spiro atoms. The number of rotatable bonds is 4. The minimum Gasteiger partial charge on any atom is -0.494 e. The second kappa shape index (κ2) is 4.56. The SMILES string of the molecule is CCOc1cccc(C2CC(C(=O)O)C2)c1. The Hall–Kier alpha value is -1.51. The van der Waals surface area contributed by atoms with Gasteiger partial charge in [-0.1, -0.05) is 12.1 Å². The fraction of sp³-hybridized carbons (Fsp3) is 0.462. The average molecular weight is 220 g/mol. The zero-order valence-corrected chi connectivity index (χ0v) is 9.35. The molecule has 3 heteroatoms. The molecule has 1 aromatic carbocycles. The molecule has 0 amide bonds. The van der Waals surface area contributed by atoms with Crippen LogP contribution in [0.25, 0.3) is 0 Å². The second-order valence-corrected chi connectivity index (χ2v) is 4.21. The highest BCUT2D eigenvalue weighted by molar-refractivity contribution is 5.71. The van der Waals surface area contributed by atoms with Gasteiger partial charge in [0.1, 0.15) is 5.75 Å². The van der Waals surface area contributed by atoms with Gasteiger partial charge in [0, 0.05) is 0 Å². The second-order valence-electron chi connectivity index (χ2n) is 4.21. The van der Waals surface area contributed by atoms with Gasteiger partial charge in [0.15, 0.2) is 0 Å². The summed E-state index contributed by atoms with van der Waals surface area (Å²) >= 11 is 0. The minimum atomic E-state index is -0.669. The summed E-state index contributed by atoms with van der Waals surface area (Å²) in [5, 5.41) is 8.81. The lowest BCUT2D eigenvalue weighted by molar-refractivity contribution is -0.145. The highest BCUT2D eigenvalue weighted by atomic mass is 16.5. The van der Waals surface area contributed by atoms with Gasteiger partial charge >= 0.3 is 5.97 Å². The van der Waals surface area contributed by atoms with Crippen molar-refractivity contribution in [2.24, 2.45) is 5.92 Å². The Kier molecular flexibility index (Phi) is 3.13. The van der Waals surface area contributed by atoms with E-state index in [0.717, 1.165) is 18.6 Å². The van der Waals surface area contributed by atoms with Crippen LogP contribution in [0.3, 0.4) is 0 Å². The van der Waals surface area contributed by atoms with Gasteiger partial charge in [-0.25, -0.2) is 0 Å². The molecule has 1 saturated carbocycles. The Bertz CT molecular complexity index is 381. The van der Waals surface area contributed by atoms with Crippen LogP contribution in [0, 0.1) is 5.92 Å². The smallest absolute Gasteiger partial charge is 0.306 e. The Morgan fingerprint density at radius 1 is 1.50 bits per heavy atom. The van der Waals surface area contributed by atoms with Crippen LogP contribution in [0.5, 0.6) is 5.75 Å². The molecule has 0 bridgehead atoms. The largest absolute Gasteiger partial charge is 0.494 e. The zero-order valence-electron chi connectivity index (χ0n) is 9.35. The van der Waals surface area contributed by atoms with Crippen LogP contribution in [-0.4, -0.2) is 17.7 Å². The third kappa shape index (κ3) is 2.18. The van der Waals surface area contributed by atoms with Gasteiger partial charge < -0.3 is 9.84 Å². The van der Waals surface area contributed by atoms with Gasteiger partial charge in [-0.3, -0.25) is 4.79 Å². The van der Waals surface area contributed by atoms with Crippen molar-refractivity contribution in [3.05, 3.63) is 29.8 Å². The van der Waals surface area contributed by atoms with Gasteiger partial charge in [0.05, 0.1) is 12.5 Å². The molecule has 0 aromatic heterocycles. The highest BCUT2D eigenvalue weighted by Crippen LogP contribution is 2.42. The van der Waals surface area contributed by atoms with Gasteiger partial charge in [-0.05, 0) is 43.4 Å². The van der Waals surface area contributed by atoms with Gasteiger partial charge in [-0.15, -0.1) is 0 Å². The highest BCUT2D eigenvalue weighted by Gasteiger charge is 2.35. The quantitative estimate of drug-likeness (QED) is 0.848.